The van der Waals surface area contributed by atoms with E-state index in [-0.39, 0.29) is 6.03 Å². The van der Waals surface area contributed by atoms with E-state index in [4.69, 9.17) is 9.47 Å². The average molecular weight is 343 g/mol. The standard InChI is InChI=1S/C19H25N3O3/c1-13-10-20-17(14(2)18(13)25-5)11-21-19(23)22(3)12-15-6-8-16(24-4)9-7-15/h6-10H,11-12H2,1-5H3,(H,21,23). The minimum absolute atomic E-state index is 0.156. The van der Waals surface area contributed by atoms with Gasteiger partial charge < -0.3 is 19.7 Å². The van der Waals surface area contributed by atoms with Crippen LogP contribution in [0.25, 0.3) is 0 Å². The summed E-state index contributed by atoms with van der Waals surface area (Å²) in [5.74, 6) is 1.61. The lowest BCUT2D eigenvalue weighted by Gasteiger charge is -2.19. The van der Waals surface area contributed by atoms with Crippen LogP contribution >= 0.6 is 0 Å². The Morgan fingerprint density at radius 1 is 1.16 bits per heavy atom. The van der Waals surface area contributed by atoms with Crippen LogP contribution in [0, 0.1) is 13.8 Å². The molecule has 1 heterocycles. The number of urea groups is 1. The van der Waals surface area contributed by atoms with Gasteiger partial charge in [0, 0.05) is 30.9 Å². The summed E-state index contributed by atoms with van der Waals surface area (Å²) in [7, 11) is 5.03. The first-order valence-electron chi connectivity index (χ1n) is 8.07. The van der Waals surface area contributed by atoms with E-state index in [1.807, 2.05) is 38.1 Å². The molecule has 0 unspecified atom stereocenters. The Balaban J connectivity index is 1.95. The number of hydrogen-bond donors (Lipinski definition) is 1. The molecule has 25 heavy (non-hydrogen) atoms. The Morgan fingerprint density at radius 3 is 2.44 bits per heavy atom. The Kier molecular flexibility index (Phi) is 6.22. The van der Waals surface area contributed by atoms with Gasteiger partial charge in [-0.25, -0.2) is 4.79 Å². The molecule has 0 spiro atoms. The summed E-state index contributed by atoms with van der Waals surface area (Å²) >= 11 is 0. The van der Waals surface area contributed by atoms with Crippen molar-refractivity contribution in [3.8, 4) is 11.5 Å². The minimum atomic E-state index is -0.156. The van der Waals surface area contributed by atoms with Crippen LogP contribution in [0.1, 0.15) is 22.4 Å². The molecule has 0 atom stereocenters. The number of aromatic nitrogens is 1. The minimum Gasteiger partial charge on any atom is -0.497 e. The Morgan fingerprint density at radius 2 is 1.84 bits per heavy atom. The van der Waals surface area contributed by atoms with Gasteiger partial charge in [-0.05, 0) is 31.5 Å². The van der Waals surface area contributed by atoms with Gasteiger partial charge in [0.2, 0.25) is 0 Å². The number of amides is 2. The van der Waals surface area contributed by atoms with Crippen LogP contribution in [0.4, 0.5) is 4.79 Å². The van der Waals surface area contributed by atoms with Crippen molar-refractivity contribution >= 4 is 6.03 Å². The largest absolute Gasteiger partial charge is 0.497 e. The molecule has 1 aromatic carbocycles. The second-order valence-electron chi connectivity index (χ2n) is 5.91. The number of methoxy groups -OCH3 is 2. The van der Waals surface area contributed by atoms with Crippen LogP contribution in [0.15, 0.2) is 30.5 Å². The van der Waals surface area contributed by atoms with Crippen molar-refractivity contribution < 1.29 is 14.3 Å². The summed E-state index contributed by atoms with van der Waals surface area (Å²) in [6, 6.07) is 7.50. The number of carbonyl (C=O) groups is 1. The smallest absolute Gasteiger partial charge is 0.317 e. The lowest BCUT2D eigenvalue weighted by atomic mass is 10.1. The molecule has 2 amide bonds. The Hall–Kier alpha value is -2.76. The van der Waals surface area contributed by atoms with Gasteiger partial charge >= 0.3 is 6.03 Å². The normalized spacial score (nSPS) is 10.3. The van der Waals surface area contributed by atoms with Gasteiger partial charge in [0.25, 0.3) is 0 Å². The molecule has 6 heteroatoms. The number of aryl methyl sites for hydroxylation is 1. The first-order valence-corrected chi connectivity index (χ1v) is 8.07. The molecule has 1 aromatic heterocycles. The van der Waals surface area contributed by atoms with Crippen molar-refractivity contribution in [1.82, 2.24) is 15.2 Å². The number of carbonyl (C=O) groups excluding carboxylic acids is 1. The van der Waals surface area contributed by atoms with Crippen LogP contribution < -0.4 is 14.8 Å². The summed E-state index contributed by atoms with van der Waals surface area (Å²) in [6.07, 6.45) is 1.76. The molecule has 1 N–H and O–H groups in total. The van der Waals surface area contributed by atoms with Gasteiger partial charge in [-0.2, -0.15) is 0 Å². The van der Waals surface area contributed by atoms with E-state index in [0.717, 1.165) is 33.9 Å². The van der Waals surface area contributed by atoms with E-state index in [9.17, 15) is 4.79 Å². The maximum Gasteiger partial charge on any atom is 0.317 e. The van der Waals surface area contributed by atoms with E-state index in [1.54, 1.807) is 32.4 Å². The van der Waals surface area contributed by atoms with Gasteiger partial charge in [-0.15, -0.1) is 0 Å². The zero-order chi connectivity index (χ0) is 18.4. The van der Waals surface area contributed by atoms with E-state index in [0.29, 0.717) is 13.1 Å². The number of rotatable bonds is 6. The van der Waals surface area contributed by atoms with Crippen LogP contribution in [-0.2, 0) is 13.1 Å². The second kappa shape index (κ2) is 8.37. The maximum absolute atomic E-state index is 12.3. The lowest BCUT2D eigenvalue weighted by Crippen LogP contribution is -2.36. The van der Waals surface area contributed by atoms with Gasteiger partial charge in [0.15, 0.2) is 0 Å². The molecular weight excluding hydrogens is 318 g/mol. The van der Waals surface area contributed by atoms with E-state index < -0.39 is 0 Å². The molecule has 2 aromatic rings. The number of hydrogen-bond acceptors (Lipinski definition) is 4. The highest BCUT2D eigenvalue weighted by molar-refractivity contribution is 5.73. The second-order valence-corrected chi connectivity index (χ2v) is 5.91. The summed E-state index contributed by atoms with van der Waals surface area (Å²) in [5, 5.41) is 2.90. The summed E-state index contributed by atoms with van der Waals surface area (Å²) in [4.78, 5) is 18.3. The monoisotopic (exact) mass is 343 g/mol. The fraction of sp³-hybridized carbons (Fsp3) is 0.368. The van der Waals surface area contributed by atoms with E-state index in [1.165, 1.54) is 0 Å². The molecule has 134 valence electrons. The summed E-state index contributed by atoms with van der Waals surface area (Å²) in [5.41, 5.74) is 3.76. The third kappa shape index (κ3) is 4.62. The zero-order valence-electron chi connectivity index (χ0n) is 15.4. The number of nitrogens with one attached hydrogen (secondary N) is 1. The predicted octanol–water partition coefficient (Wildman–Crippen LogP) is 3.06. The van der Waals surface area contributed by atoms with E-state index in [2.05, 4.69) is 10.3 Å². The first-order chi connectivity index (χ1) is 12.0. The van der Waals surface area contributed by atoms with Crippen molar-refractivity contribution in [2.45, 2.75) is 26.9 Å². The van der Waals surface area contributed by atoms with Crippen LogP contribution in [0.2, 0.25) is 0 Å². The molecular formula is C19H25N3O3. The van der Waals surface area contributed by atoms with Crippen LogP contribution in [0.3, 0.4) is 0 Å². The SMILES string of the molecule is COc1ccc(CN(C)C(=O)NCc2ncc(C)c(OC)c2C)cc1. The third-order valence-electron chi connectivity index (χ3n) is 4.08. The molecule has 0 saturated carbocycles. The van der Waals surface area contributed by atoms with Crippen molar-refractivity contribution in [2.24, 2.45) is 0 Å². The maximum atomic E-state index is 12.3. The molecule has 0 saturated heterocycles. The molecule has 0 aliphatic carbocycles. The van der Waals surface area contributed by atoms with Gasteiger partial charge in [-0.1, -0.05) is 12.1 Å². The lowest BCUT2D eigenvalue weighted by molar-refractivity contribution is 0.206. The summed E-state index contributed by atoms with van der Waals surface area (Å²) in [6.45, 7) is 4.76. The topological polar surface area (TPSA) is 63.7 Å². The van der Waals surface area contributed by atoms with Gasteiger partial charge in [0.1, 0.15) is 11.5 Å². The predicted molar refractivity (Wildman–Crippen MR) is 97.0 cm³/mol. The van der Waals surface area contributed by atoms with Crippen molar-refractivity contribution in [3.63, 3.8) is 0 Å². The molecule has 0 bridgehead atoms. The zero-order valence-corrected chi connectivity index (χ0v) is 15.4. The van der Waals surface area contributed by atoms with Crippen molar-refractivity contribution in [2.75, 3.05) is 21.3 Å². The fourth-order valence-corrected chi connectivity index (χ4v) is 2.62. The Bertz CT molecular complexity index is 729. The first kappa shape index (κ1) is 18.6. The average Bonchev–Trinajstić information content (AvgIpc) is 2.61. The summed E-state index contributed by atoms with van der Waals surface area (Å²) < 4.78 is 10.5. The molecule has 0 aliphatic rings. The number of benzene rings is 1. The molecule has 2 rings (SSSR count). The highest BCUT2D eigenvalue weighted by Gasteiger charge is 2.13. The number of pyridine rings is 1. The Labute approximate surface area is 148 Å². The molecule has 0 fully saturated rings. The molecule has 0 radical (unpaired) electrons. The van der Waals surface area contributed by atoms with Crippen molar-refractivity contribution in [3.05, 3.63) is 52.8 Å². The third-order valence-corrected chi connectivity index (χ3v) is 4.08. The number of ether oxygens (including phenoxy) is 2. The fourth-order valence-electron chi connectivity index (χ4n) is 2.62. The highest BCUT2D eigenvalue weighted by atomic mass is 16.5. The van der Waals surface area contributed by atoms with Gasteiger partial charge in [-0.3, -0.25) is 4.98 Å². The van der Waals surface area contributed by atoms with E-state index >= 15 is 0 Å². The molecule has 0 aliphatic heterocycles. The van der Waals surface area contributed by atoms with Crippen LogP contribution in [-0.4, -0.2) is 37.2 Å². The highest BCUT2D eigenvalue weighted by Crippen LogP contribution is 2.23. The van der Waals surface area contributed by atoms with Crippen molar-refractivity contribution in [1.29, 1.82) is 0 Å². The quantitative estimate of drug-likeness (QED) is 0.875. The molecule has 6 nitrogen and oxygen atoms in total. The van der Waals surface area contributed by atoms with Gasteiger partial charge in [0.05, 0.1) is 26.5 Å². The number of nitrogens with zero attached hydrogens (tertiary/aromatic N) is 2. The van der Waals surface area contributed by atoms with Crippen LogP contribution in [0.5, 0.6) is 11.5 Å².